The second kappa shape index (κ2) is 11.6. The smallest absolute Gasteiger partial charge is 0.329 e. The van der Waals surface area contributed by atoms with Crippen molar-refractivity contribution in [1.29, 1.82) is 0 Å². The SMILES string of the molecule is CC[C@H](C)[C@H](NC(=O)c1ccc(Cl)cc1)C(=O)OCC(=O)NCC1COc2ccccc2O1. The van der Waals surface area contributed by atoms with Gasteiger partial charge in [-0.2, -0.15) is 0 Å². The number of nitrogens with one attached hydrogen (secondary N) is 2. The van der Waals surface area contributed by atoms with Crippen molar-refractivity contribution in [3.63, 3.8) is 0 Å². The lowest BCUT2D eigenvalue weighted by Crippen LogP contribution is -2.47. The average molecular weight is 475 g/mol. The van der Waals surface area contributed by atoms with Gasteiger partial charge in [0, 0.05) is 10.6 Å². The number of hydrogen-bond acceptors (Lipinski definition) is 6. The van der Waals surface area contributed by atoms with Crippen LogP contribution in [0.2, 0.25) is 5.02 Å². The van der Waals surface area contributed by atoms with Crippen molar-refractivity contribution in [2.24, 2.45) is 5.92 Å². The molecule has 0 saturated heterocycles. The number of rotatable bonds is 9. The Balaban J connectivity index is 1.47. The lowest BCUT2D eigenvalue weighted by atomic mass is 9.99. The molecule has 33 heavy (non-hydrogen) atoms. The zero-order valence-electron chi connectivity index (χ0n) is 18.5. The van der Waals surface area contributed by atoms with Crippen LogP contribution in [-0.2, 0) is 14.3 Å². The van der Waals surface area contributed by atoms with Gasteiger partial charge in [0.1, 0.15) is 18.8 Å². The third kappa shape index (κ3) is 6.86. The summed E-state index contributed by atoms with van der Waals surface area (Å²) in [6.45, 7) is 3.76. The normalized spacial score (nSPS) is 16.3. The summed E-state index contributed by atoms with van der Waals surface area (Å²) < 4.78 is 16.6. The predicted molar refractivity (Wildman–Crippen MR) is 122 cm³/mol. The van der Waals surface area contributed by atoms with Crippen LogP contribution in [0.4, 0.5) is 0 Å². The first-order chi connectivity index (χ1) is 15.9. The van der Waals surface area contributed by atoms with E-state index in [9.17, 15) is 14.4 Å². The molecule has 176 valence electrons. The number of carbonyl (C=O) groups is 3. The molecule has 0 aromatic heterocycles. The molecule has 8 nitrogen and oxygen atoms in total. The average Bonchev–Trinajstić information content (AvgIpc) is 2.84. The summed E-state index contributed by atoms with van der Waals surface area (Å²) in [5.41, 5.74) is 0.370. The number of hydrogen-bond donors (Lipinski definition) is 2. The maximum absolute atomic E-state index is 12.6. The zero-order valence-corrected chi connectivity index (χ0v) is 19.3. The van der Waals surface area contributed by atoms with Crippen molar-refractivity contribution in [2.75, 3.05) is 19.8 Å². The number of halogens is 1. The second-order valence-corrected chi connectivity index (χ2v) is 8.19. The number of carbonyl (C=O) groups excluding carboxylic acids is 3. The molecular weight excluding hydrogens is 448 g/mol. The topological polar surface area (TPSA) is 103 Å². The molecule has 0 spiro atoms. The molecule has 0 bridgehead atoms. The van der Waals surface area contributed by atoms with Gasteiger partial charge in [-0.15, -0.1) is 0 Å². The Morgan fingerprint density at radius 3 is 2.52 bits per heavy atom. The van der Waals surface area contributed by atoms with E-state index in [4.69, 9.17) is 25.8 Å². The Morgan fingerprint density at radius 2 is 1.82 bits per heavy atom. The van der Waals surface area contributed by atoms with Crippen LogP contribution < -0.4 is 20.1 Å². The van der Waals surface area contributed by atoms with E-state index in [1.165, 1.54) is 0 Å². The van der Waals surface area contributed by atoms with Crippen molar-refractivity contribution in [3.8, 4) is 11.5 Å². The van der Waals surface area contributed by atoms with Crippen molar-refractivity contribution >= 4 is 29.4 Å². The number of benzene rings is 2. The Morgan fingerprint density at radius 1 is 1.12 bits per heavy atom. The minimum atomic E-state index is -0.891. The van der Waals surface area contributed by atoms with Crippen LogP contribution in [0.5, 0.6) is 11.5 Å². The van der Waals surface area contributed by atoms with Gasteiger partial charge in [0.25, 0.3) is 11.8 Å². The van der Waals surface area contributed by atoms with Crippen LogP contribution in [0.1, 0.15) is 30.6 Å². The third-order valence-electron chi connectivity index (χ3n) is 5.30. The van der Waals surface area contributed by atoms with Crippen molar-refractivity contribution < 1.29 is 28.6 Å². The molecule has 1 unspecified atom stereocenters. The maximum atomic E-state index is 12.6. The van der Waals surface area contributed by atoms with Gasteiger partial charge >= 0.3 is 5.97 Å². The minimum absolute atomic E-state index is 0.190. The number of fused-ring (bicyclic) bond motifs is 1. The summed E-state index contributed by atoms with van der Waals surface area (Å²) in [6, 6.07) is 12.7. The number of ether oxygens (including phenoxy) is 3. The van der Waals surface area contributed by atoms with Gasteiger partial charge in [-0.3, -0.25) is 9.59 Å². The van der Waals surface area contributed by atoms with E-state index < -0.39 is 30.4 Å². The number of para-hydroxylation sites is 2. The Bertz CT molecular complexity index is 981. The lowest BCUT2D eigenvalue weighted by molar-refractivity contribution is -0.151. The van der Waals surface area contributed by atoms with Crippen LogP contribution in [0.25, 0.3) is 0 Å². The highest BCUT2D eigenvalue weighted by atomic mass is 35.5. The summed E-state index contributed by atoms with van der Waals surface area (Å²) in [5.74, 6) is -0.489. The summed E-state index contributed by atoms with van der Waals surface area (Å²) in [5, 5.41) is 5.87. The standard InChI is InChI=1S/C24H27ClN2O6/c1-3-15(2)22(27-23(29)16-8-10-17(25)11-9-16)24(30)32-14-21(28)26-12-18-13-31-19-6-4-5-7-20(19)33-18/h4-11,15,18,22H,3,12-14H2,1-2H3,(H,26,28)(H,27,29)/t15-,18?,22-/m0/s1. The first kappa shape index (κ1) is 24.4. The van der Waals surface area contributed by atoms with Gasteiger partial charge in [0.15, 0.2) is 18.1 Å². The van der Waals surface area contributed by atoms with Crippen LogP contribution in [0, 0.1) is 5.92 Å². The van der Waals surface area contributed by atoms with Crippen molar-refractivity contribution in [1.82, 2.24) is 10.6 Å². The largest absolute Gasteiger partial charge is 0.486 e. The molecule has 1 heterocycles. The first-order valence-corrected chi connectivity index (χ1v) is 11.1. The van der Waals surface area contributed by atoms with Gasteiger partial charge in [0.2, 0.25) is 0 Å². The molecule has 2 amide bonds. The highest BCUT2D eigenvalue weighted by molar-refractivity contribution is 6.30. The van der Waals surface area contributed by atoms with E-state index in [2.05, 4.69) is 10.6 Å². The van der Waals surface area contributed by atoms with E-state index in [1.807, 2.05) is 32.0 Å². The van der Waals surface area contributed by atoms with E-state index in [1.54, 1.807) is 30.3 Å². The van der Waals surface area contributed by atoms with Crippen molar-refractivity contribution in [2.45, 2.75) is 32.4 Å². The Kier molecular flexibility index (Phi) is 8.54. The number of amides is 2. The highest BCUT2D eigenvalue weighted by Gasteiger charge is 2.28. The van der Waals surface area contributed by atoms with E-state index in [0.29, 0.717) is 35.1 Å². The van der Waals surface area contributed by atoms with Crippen LogP contribution >= 0.6 is 11.6 Å². The van der Waals surface area contributed by atoms with Gasteiger partial charge in [-0.1, -0.05) is 44.0 Å². The quantitative estimate of drug-likeness (QED) is 0.541. The van der Waals surface area contributed by atoms with Gasteiger partial charge < -0.3 is 24.8 Å². The molecular formula is C24H27ClN2O6. The summed E-state index contributed by atoms with van der Waals surface area (Å²) in [7, 11) is 0. The summed E-state index contributed by atoms with van der Waals surface area (Å²) >= 11 is 5.86. The molecule has 9 heteroatoms. The summed E-state index contributed by atoms with van der Waals surface area (Å²) in [4.78, 5) is 37.3. The molecule has 0 fully saturated rings. The molecule has 0 radical (unpaired) electrons. The molecule has 1 aliphatic rings. The predicted octanol–water partition coefficient (Wildman–Crippen LogP) is 2.98. The maximum Gasteiger partial charge on any atom is 0.329 e. The minimum Gasteiger partial charge on any atom is -0.486 e. The third-order valence-corrected chi connectivity index (χ3v) is 5.55. The Hall–Kier alpha value is -3.26. The molecule has 0 aliphatic carbocycles. The monoisotopic (exact) mass is 474 g/mol. The molecule has 3 rings (SSSR count). The highest BCUT2D eigenvalue weighted by Crippen LogP contribution is 2.30. The van der Waals surface area contributed by atoms with Gasteiger partial charge in [-0.25, -0.2) is 4.79 Å². The van der Waals surface area contributed by atoms with Crippen LogP contribution in [0.3, 0.4) is 0 Å². The Labute approximate surface area is 197 Å². The van der Waals surface area contributed by atoms with Gasteiger partial charge in [-0.05, 0) is 42.3 Å². The van der Waals surface area contributed by atoms with E-state index in [0.717, 1.165) is 0 Å². The van der Waals surface area contributed by atoms with Crippen LogP contribution in [0.15, 0.2) is 48.5 Å². The fraction of sp³-hybridized carbons (Fsp3) is 0.375. The molecule has 0 saturated carbocycles. The molecule has 3 atom stereocenters. The van der Waals surface area contributed by atoms with E-state index in [-0.39, 0.29) is 18.6 Å². The molecule has 2 aromatic rings. The molecule has 2 aromatic carbocycles. The van der Waals surface area contributed by atoms with Crippen LogP contribution in [-0.4, -0.2) is 49.7 Å². The summed E-state index contributed by atoms with van der Waals surface area (Å²) in [6.07, 6.45) is 0.277. The second-order valence-electron chi connectivity index (χ2n) is 7.75. The molecule has 1 aliphatic heterocycles. The zero-order chi connectivity index (χ0) is 23.8. The number of esters is 1. The first-order valence-electron chi connectivity index (χ1n) is 10.8. The van der Waals surface area contributed by atoms with Crippen molar-refractivity contribution in [3.05, 3.63) is 59.1 Å². The fourth-order valence-electron chi connectivity index (χ4n) is 3.16. The molecule has 2 N–H and O–H groups in total. The van der Waals surface area contributed by atoms with Gasteiger partial charge in [0.05, 0.1) is 6.54 Å². The lowest BCUT2D eigenvalue weighted by Gasteiger charge is -2.26. The van der Waals surface area contributed by atoms with E-state index >= 15 is 0 Å². The fourth-order valence-corrected chi connectivity index (χ4v) is 3.29.